The van der Waals surface area contributed by atoms with E-state index in [0.717, 1.165) is 12.2 Å². The Labute approximate surface area is 154 Å². The second-order valence-electron chi connectivity index (χ2n) is 7.34. The molecule has 5 heteroatoms. The minimum Gasteiger partial charge on any atom is -0.364 e. The second kappa shape index (κ2) is 7.46. The monoisotopic (exact) mass is 353 g/mol. The molecule has 3 atom stereocenters. The Morgan fingerprint density at radius 2 is 1.85 bits per heavy atom. The van der Waals surface area contributed by atoms with Gasteiger partial charge in [-0.2, -0.15) is 0 Å². The van der Waals surface area contributed by atoms with Gasteiger partial charge in [-0.3, -0.25) is 14.5 Å². The van der Waals surface area contributed by atoms with E-state index in [1.54, 1.807) is 6.20 Å². The Bertz CT molecular complexity index is 831. The number of nitrogens with one attached hydrogen (secondary N) is 1. The third-order valence-electron chi connectivity index (χ3n) is 5.50. The molecule has 5 nitrogen and oxygen atoms in total. The molecule has 1 aromatic carbocycles. The molecule has 1 aliphatic heterocycles. The van der Waals surface area contributed by atoms with Gasteiger partial charge in [0.05, 0.1) is 0 Å². The number of H-pyrrole nitrogens is 1. The Kier molecular flexibility index (Phi) is 5.28. The number of carbonyl (C=O) groups excluding carboxylic acids is 1. The summed E-state index contributed by atoms with van der Waals surface area (Å²) in [7, 11) is 0. The highest BCUT2D eigenvalue weighted by atomic mass is 16.2. The maximum absolute atomic E-state index is 13.0. The molecule has 0 radical (unpaired) electrons. The van der Waals surface area contributed by atoms with Gasteiger partial charge in [-0.15, -0.1) is 0 Å². The van der Waals surface area contributed by atoms with Gasteiger partial charge < -0.3 is 9.88 Å². The first kappa shape index (κ1) is 18.4. The van der Waals surface area contributed by atoms with E-state index in [2.05, 4.69) is 54.9 Å². The number of amides is 1. The molecule has 2 heterocycles. The molecule has 1 saturated heterocycles. The van der Waals surface area contributed by atoms with Crippen LogP contribution in [0.5, 0.6) is 0 Å². The third-order valence-corrected chi connectivity index (χ3v) is 5.50. The zero-order valence-electron chi connectivity index (χ0n) is 15.9. The fourth-order valence-electron chi connectivity index (χ4n) is 3.75. The molecular formula is C21H27N3O2. The summed E-state index contributed by atoms with van der Waals surface area (Å²) in [6.45, 7) is 9.65. The average molecular weight is 353 g/mol. The van der Waals surface area contributed by atoms with Crippen LogP contribution in [0.2, 0.25) is 0 Å². The van der Waals surface area contributed by atoms with Crippen molar-refractivity contribution in [3.05, 3.63) is 69.6 Å². The number of aryl methyl sites for hydroxylation is 1. The third kappa shape index (κ3) is 3.58. The maximum atomic E-state index is 13.0. The zero-order chi connectivity index (χ0) is 18.8. The number of hydrogen-bond donors (Lipinski definition) is 1. The summed E-state index contributed by atoms with van der Waals surface area (Å²) in [5.74, 6) is -0.184. The van der Waals surface area contributed by atoms with Gasteiger partial charge in [0.1, 0.15) is 5.56 Å². The molecule has 26 heavy (non-hydrogen) atoms. The number of pyridine rings is 1. The van der Waals surface area contributed by atoms with E-state index in [1.807, 2.05) is 17.9 Å². The van der Waals surface area contributed by atoms with Crippen LogP contribution >= 0.6 is 0 Å². The molecule has 0 saturated carbocycles. The van der Waals surface area contributed by atoms with Gasteiger partial charge in [-0.1, -0.05) is 30.3 Å². The summed E-state index contributed by atoms with van der Waals surface area (Å²) < 4.78 is 0. The van der Waals surface area contributed by atoms with Gasteiger partial charge in [0.25, 0.3) is 5.91 Å². The van der Waals surface area contributed by atoms with Crippen LogP contribution in [0.3, 0.4) is 0 Å². The van der Waals surface area contributed by atoms with Crippen molar-refractivity contribution < 1.29 is 4.79 Å². The Hall–Kier alpha value is -2.40. The molecule has 1 N–H and O–H groups in total. The van der Waals surface area contributed by atoms with E-state index in [0.29, 0.717) is 6.54 Å². The molecule has 1 aromatic heterocycles. The van der Waals surface area contributed by atoms with Gasteiger partial charge >= 0.3 is 0 Å². The first-order chi connectivity index (χ1) is 12.4. The smallest absolute Gasteiger partial charge is 0.259 e. The van der Waals surface area contributed by atoms with Crippen molar-refractivity contribution in [2.45, 2.75) is 52.4 Å². The summed E-state index contributed by atoms with van der Waals surface area (Å²) in [6.07, 6.45) is 1.54. The number of carbonyl (C=O) groups is 1. The van der Waals surface area contributed by atoms with E-state index in [1.165, 1.54) is 11.6 Å². The van der Waals surface area contributed by atoms with Gasteiger partial charge in [0.2, 0.25) is 0 Å². The minimum atomic E-state index is -0.217. The number of nitrogens with zero attached hydrogens (tertiary/aromatic N) is 2. The molecule has 0 aliphatic carbocycles. The van der Waals surface area contributed by atoms with Crippen LogP contribution in [0.25, 0.3) is 0 Å². The van der Waals surface area contributed by atoms with Crippen molar-refractivity contribution >= 4 is 5.91 Å². The standard InChI is InChI=1S/C21H27N3O2/c1-14-10-20(25)19(11-22-14)21(26)24-12-15(2)23(16(3)17(24)4)13-18-8-6-5-7-9-18/h5-11,15-17H,12-13H2,1-4H3,(H,22,25). The van der Waals surface area contributed by atoms with Crippen molar-refractivity contribution in [2.24, 2.45) is 0 Å². The SMILES string of the molecule is Cc1cc(=O)c(C(=O)N2CC(C)N(Cc3ccccc3)C(C)C2C)c[nH]1. The van der Waals surface area contributed by atoms with Gasteiger partial charge in [-0.05, 0) is 33.3 Å². The number of aromatic amines is 1. The van der Waals surface area contributed by atoms with Crippen LogP contribution in [-0.4, -0.2) is 45.4 Å². The van der Waals surface area contributed by atoms with Crippen molar-refractivity contribution in [2.75, 3.05) is 6.54 Å². The van der Waals surface area contributed by atoms with E-state index in [-0.39, 0.29) is 35.0 Å². The summed E-state index contributed by atoms with van der Waals surface area (Å²) in [5, 5.41) is 0. The van der Waals surface area contributed by atoms with Crippen molar-refractivity contribution in [3.8, 4) is 0 Å². The Morgan fingerprint density at radius 3 is 2.50 bits per heavy atom. The summed E-state index contributed by atoms with van der Waals surface area (Å²) in [5.41, 5.74) is 2.03. The molecule has 1 aliphatic rings. The average Bonchev–Trinajstić information content (AvgIpc) is 2.62. The van der Waals surface area contributed by atoms with Crippen LogP contribution in [0.15, 0.2) is 47.4 Å². The first-order valence-corrected chi connectivity index (χ1v) is 9.18. The lowest BCUT2D eigenvalue weighted by molar-refractivity contribution is -0.00160. The van der Waals surface area contributed by atoms with Crippen LogP contribution in [0.4, 0.5) is 0 Å². The minimum absolute atomic E-state index is 0.0307. The number of benzene rings is 1. The predicted octanol–water partition coefficient (Wildman–Crippen LogP) is 2.81. The fraction of sp³-hybridized carbons (Fsp3) is 0.429. The highest BCUT2D eigenvalue weighted by Gasteiger charge is 2.38. The van der Waals surface area contributed by atoms with E-state index >= 15 is 0 Å². The summed E-state index contributed by atoms with van der Waals surface area (Å²) in [4.78, 5) is 32.5. The van der Waals surface area contributed by atoms with Crippen molar-refractivity contribution in [1.29, 1.82) is 0 Å². The van der Waals surface area contributed by atoms with Crippen LogP contribution in [0, 0.1) is 6.92 Å². The number of aromatic nitrogens is 1. The Morgan fingerprint density at radius 1 is 1.15 bits per heavy atom. The highest BCUT2D eigenvalue weighted by Crippen LogP contribution is 2.25. The topological polar surface area (TPSA) is 56.4 Å². The lowest BCUT2D eigenvalue weighted by Crippen LogP contribution is -2.62. The quantitative estimate of drug-likeness (QED) is 0.923. The molecule has 3 unspecified atom stereocenters. The molecule has 1 fully saturated rings. The summed E-state index contributed by atoms with van der Waals surface area (Å²) in [6, 6.07) is 12.3. The molecule has 1 amide bonds. The number of rotatable bonds is 3. The molecule has 3 rings (SSSR count). The van der Waals surface area contributed by atoms with Crippen molar-refractivity contribution in [1.82, 2.24) is 14.8 Å². The molecule has 0 bridgehead atoms. The first-order valence-electron chi connectivity index (χ1n) is 9.18. The van der Waals surface area contributed by atoms with Gasteiger partial charge in [-0.25, -0.2) is 0 Å². The predicted molar refractivity (Wildman–Crippen MR) is 103 cm³/mol. The fourth-order valence-corrected chi connectivity index (χ4v) is 3.75. The molecule has 0 spiro atoms. The lowest BCUT2D eigenvalue weighted by Gasteiger charge is -2.48. The molecular weight excluding hydrogens is 326 g/mol. The highest BCUT2D eigenvalue weighted by molar-refractivity contribution is 5.94. The molecule has 138 valence electrons. The van der Waals surface area contributed by atoms with Crippen LogP contribution in [-0.2, 0) is 6.54 Å². The number of hydrogen-bond acceptors (Lipinski definition) is 3. The van der Waals surface area contributed by atoms with Gasteiger partial charge in [0.15, 0.2) is 5.43 Å². The van der Waals surface area contributed by atoms with Crippen LogP contribution in [0.1, 0.15) is 42.4 Å². The molecule has 2 aromatic rings. The normalized spacial score (nSPS) is 23.8. The van der Waals surface area contributed by atoms with E-state index < -0.39 is 0 Å². The lowest BCUT2D eigenvalue weighted by atomic mass is 9.98. The summed E-state index contributed by atoms with van der Waals surface area (Å²) >= 11 is 0. The number of piperazine rings is 1. The van der Waals surface area contributed by atoms with Crippen LogP contribution < -0.4 is 5.43 Å². The maximum Gasteiger partial charge on any atom is 0.259 e. The zero-order valence-corrected chi connectivity index (χ0v) is 15.9. The Balaban J connectivity index is 1.80. The second-order valence-corrected chi connectivity index (χ2v) is 7.34. The van der Waals surface area contributed by atoms with Crippen molar-refractivity contribution in [3.63, 3.8) is 0 Å². The van der Waals surface area contributed by atoms with E-state index in [4.69, 9.17) is 0 Å². The van der Waals surface area contributed by atoms with E-state index in [9.17, 15) is 9.59 Å². The largest absolute Gasteiger partial charge is 0.364 e. The van der Waals surface area contributed by atoms with Gasteiger partial charge in [0, 0.05) is 49.2 Å².